The van der Waals surface area contributed by atoms with E-state index in [0.717, 1.165) is 22.3 Å². The van der Waals surface area contributed by atoms with E-state index in [1.54, 1.807) is 0 Å². The van der Waals surface area contributed by atoms with E-state index in [1.807, 2.05) is 30.0 Å². The van der Waals surface area contributed by atoms with E-state index < -0.39 is 5.97 Å². The second-order valence-electron chi connectivity index (χ2n) is 4.66. The minimum atomic E-state index is -0.735. The lowest BCUT2D eigenvalue weighted by Crippen LogP contribution is -2.50. The molecule has 0 saturated carbocycles. The molecule has 0 atom stereocenters. The molecule has 0 amide bonds. The van der Waals surface area contributed by atoms with Crippen molar-refractivity contribution in [3.8, 4) is 0 Å². The van der Waals surface area contributed by atoms with Crippen LogP contribution in [0.1, 0.15) is 5.56 Å². The van der Waals surface area contributed by atoms with Crippen molar-refractivity contribution in [1.29, 1.82) is 0 Å². The first-order chi connectivity index (χ1) is 8.65. The van der Waals surface area contributed by atoms with Crippen LogP contribution in [0.3, 0.4) is 0 Å². The topological polar surface area (TPSA) is 66.3 Å². The van der Waals surface area contributed by atoms with Crippen LogP contribution in [0.4, 0.5) is 5.82 Å². The quantitative estimate of drug-likeness (QED) is 0.865. The summed E-state index contributed by atoms with van der Waals surface area (Å²) in [6.45, 7) is 3.07. The molecule has 1 saturated heterocycles. The van der Waals surface area contributed by atoms with Crippen LogP contribution in [0.5, 0.6) is 0 Å². The van der Waals surface area contributed by atoms with Crippen LogP contribution < -0.4 is 4.90 Å². The third kappa shape index (κ3) is 1.68. The second kappa shape index (κ2) is 3.94. The maximum Gasteiger partial charge on any atom is 0.310 e. The molecule has 1 aromatic carbocycles. The molecule has 1 aliphatic rings. The molecular weight excluding hydrogens is 230 g/mol. The standard InChI is InChI=1S/C13H13N3O2/c1-8-2-3-11-10(4-8)12(15-7-14-11)16-5-9(6-16)13(17)18/h2-4,7,9H,5-6H2,1H3,(H,17,18). The molecule has 5 nitrogen and oxygen atoms in total. The molecule has 0 unspecified atom stereocenters. The lowest BCUT2D eigenvalue weighted by atomic mass is 10.00. The first kappa shape index (κ1) is 11.0. The predicted molar refractivity (Wildman–Crippen MR) is 67.6 cm³/mol. The fourth-order valence-corrected chi connectivity index (χ4v) is 2.22. The number of carboxylic acids is 1. The SMILES string of the molecule is Cc1ccc2ncnc(N3CC(C(=O)O)C3)c2c1. The minimum Gasteiger partial charge on any atom is -0.481 e. The second-order valence-corrected chi connectivity index (χ2v) is 4.66. The molecule has 0 aliphatic carbocycles. The number of rotatable bonds is 2. The van der Waals surface area contributed by atoms with Crippen molar-refractivity contribution in [2.75, 3.05) is 18.0 Å². The summed E-state index contributed by atoms with van der Waals surface area (Å²) in [6, 6.07) is 6.01. The van der Waals surface area contributed by atoms with E-state index in [2.05, 4.69) is 9.97 Å². The third-order valence-corrected chi connectivity index (χ3v) is 3.30. The van der Waals surface area contributed by atoms with E-state index in [4.69, 9.17) is 5.11 Å². The van der Waals surface area contributed by atoms with Crippen LogP contribution >= 0.6 is 0 Å². The summed E-state index contributed by atoms with van der Waals surface area (Å²) in [5.41, 5.74) is 2.04. The molecule has 2 aromatic rings. The van der Waals surface area contributed by atoms with E-state index in [9.17, 15) is 4.79 Å². The van der Waals surface area contributed by atoms with Crippen LogP contribution in [0, 0.1) is 12.8 Å². The molecule has 5 heteroatoms. The van der Waals surface area contributed by atoms with E-state index >= 15 is 0 Å². The molecule has 92 valence electrons. The highest BCUT2D eigenvalue weighted by atomic mass is 16.4. The highest BCUT2D eigenvalue weighted by Crippen LogP contribution is 2.29. The molecule has 0 radical (unpaired) electrons. The van der Waals surface area contributed by atoms with Gasteiger partial charge in [-0.2, -0.15) is 0 Å². The van der Waals surface area contributed by atoms with Crippen LogP contribution in [0.25, 0.3) is 10.9 Å². The summed E-state index contributed by atoms with van der Waals surface area (Å²) in [4.78, 5) is 21.3. The Morgan fingerprint density at radius 2 is 2.17 bits per heavy atom. The molecule has 0 spiro atoms. The third-order valence-electron chi connectivity index (χ3n) is 3.30. The van der Waals surface area contributed by atoms with Crippen molar-refractivity contribution < 1.29 is 9.90 Å². The Labute approximate surface area is 104 Å². The van der Waals surface area contributed by atoms with Gasteiger partial charge in [0, 0.05) is 18.5 Å². The van der Waals surface area contributed by atoms with Crippen molar-refractivity contribution in [1.82, 2.24) is 9.97 Å². The van der Waals surface area contributed by atoms with Crippen molar-refractivity contribution in [3.63, 3.8) is 0 Å². The summed E-state index contributed by atoms with van der Waals surface area (Å²) < 4.78 is 0. The van der Waals surface area contributed by atoms with E-state index in [1.165, 1.54) is 6.33 Å². The first-order valence-electron chi connectivity index (χ1n) is 5.84. The highest BCUT2D eigenvalue weighted by Gasteiger charge is 2.34. The lowest BCUT2D eigenvalue weighted by Gasteiger charge is -2.38. The fourth-order valence-electron chi connectivity index (χ4n) is 2.22. The average molecular weight is 243 g/mol. The summed E-state index contributed by atoms with van der Waals surface area (Å²) in [7, 11) is 0. The normalized spacial score (nSPS) is 15.7. The molecule has 1 N–H and O–H groups in total. The van der Waals surface area contributed by atoms with Crippen molar-refractivity contribution in [3.05, 3.63) is 30.1 Å². The van der Waals surface area contributed by atoms with Gasteiger partial charge in [0.2, 0.25) is 0 Å². The van der Waals surface area contributed by atoms with Crippen LogP contribution in [0.15, 0.2) is 24.5 Å². The molecule has 18 heavy (non-hydrogen) atoms. The number of hydrogen-bond acceptors (Lipinski definition) is 4. The fraction of sp³-hybridized carbons (Fsp3) is 0.308. The summed E-state index contributed by atoms with van der Waals surface area (Å²) >= 11 is 0. The number of aromatic nitrogens is 2. The van der Waals surface area contributed by atoms with Gasteiger partial charge in [-0.3, -0.25) is 4.79 Å². The molecular formula is C13H13N3O2. The summed E-state index contributed by atoms with van der Waals surface area (Å²) in [5, 5.41) is 9.88. The monoisotopic (exact) mass is 243 g/mol. The highest BCUT2D eigenvalue weighted by molar-refractivity contribution is 5.90. The maximum absolute atomic E-state index is 10.8. The number of hydrogen-bond donors (Lipinski definition) is 1. The number of nitrogens with zero attached hydrogens (tertiary/aromatic N) is 3. The Kier molecular flexibility index (Phi) is 2.40. The zero-order valence-corrected chi connectivity index (χ0v) is 10.00. The lowest BCUT2D eigenvalue weighted by molar-refractivity contribution is -0.142. The predicted octanol–water partition coefficient (Wildman–Crippen LogP) is 1.46. The van der Waals surface area contributed by atoms with Gasteiger partial charge in [0.25, 0.3) is 0 Å². The number of fused-ring (bicyclic) bond motifs is 1. The molecule has 1 aliphatic heterocycles. The number of carbonyl (C=O) groups is 1. The Hall–Kier alpha value is -2.17. The van der Waals surface area contributed by atoms with Gasteiger partial charge in [-0.25, -0.2) is 9.97 Å². The van der Waals surface area contributed by atoms with Gasteiger partial charge < -0.3 is 10.0 Å². The van der Waals surface area contributed by atoms with E-state index in [0.29, 0.717) is 13.1 Å². The molecule has 2 heterocycles. The zero-order chi connectivity index (χ0) is 12.7. The largest absolute Gasteiger partial charge is 0.481 e. The molecule has 0 bridgehead atoms. The Bertz CT molecular complexity index is 621. The Balaban J connectivity index is 1.98. The summed E-state index contributed by atoms with van der Waals surface area (Å²) in [5.74, 6) is -0.179. The van der Waals surface area contributed by atoms with Crippen molar-refractivity contribution in [2.45, 2.75) is 6.92 Å². The van der Waals surface area contributed by atoms with Crippen LogP contribution in [-0.2, 0) is 4.79 Å². The van der Waals surface area contributed by atoms with Crippen LogP contribution in [-0.4, -0.2) is 34.1 Å². The summed E-state index contributed by atoms with van der Waals surface area (Å²) in [6.07, 6.45) is 1.53. The smallest absolute Gasteiger partial charge is 0.310 e. The number of carboxylic acid groups (broad SMARTS) is 1. The Morgan fingerprint density at radius 3 is 2.89 bits per heavy atom. The first-order valence-corrected chi connectivity index (χ1v) is 5.84. The Morgan fingerprint density at radius 1 is 1.39 bits per heavy atom. The molecule has 1 aromatic heterocycles. The number of aliphatic carboxylic acids is 1. The van der Waals surface area contributed by atoms with Crippen molar-refractivity contribution >= 4 is 22.7 Å². The van der Waals surface area contributed by atoms with Gasteiger partial charge in [-0.1, -0.05) is 11.6 Å². The van der Waals surface area contributed by atoms with Crippen molar-refractivity contribution in [2.24, 2.45) is 5.92 Å². The molecule has 1 fully saturated rings. The van der Waals surface area contributed by atoms with Crippen LogP contribution in [0.2, 0.25) is 0 Å². The average Bonchev–Trinajstić information content (AvgIpc) is 2.27. The van der Waals surface area contributed by atoms with Gasteiger partial charge in [0.1, 0.15) is 12.1 Å². The van der Waals surface area contributed by atoms with Gasteiger partial charge in [-0.05, 0) is 19.1 Å². The number of aryl methyl sites for hydroxylation is 1. The number of benzene rings is 1. The number of anilines is 1. The van der Waals surface area contributed by atoms with E-state index in [-0.39, 0.29) is 5.92 Å². The van der Waals surface area contributed by atoms with Gasteiger partial charge in [0.15, 0.2) is 0 Å². The van der Waals surface area contributed by atoms with Gasteiger partial charge >= 0.3 is 5.97 Å². The molecule has 3 rings (SSSR count). The zero-order valence-electron chi connectivity index (χ0n) is 10.00. The van der Waals surface area contributed by atoms with Gasteiger partial charge in [-0.15, -0.1) is 0 Å². The minimum absolute atomic E-state index is 0.278. The maximum atomic E-state index is 10.8. The van der Waals surface area contributed by atoms with Gasteiger partial charge in [0.05, 0.1) is 11.4 Å².